The van der Waals surface area contributed by atoms with Gasteiger partial charge in [0.15, 0.2) is 0 Å². The van der Waals surface area contributed by atoms with E-state index in [9.17, 15) is 5.11 Å². The Labute approximate surface area is 84.0 Å². The van der Waals surface area contributed by atoms with Crippen molar-refractivity contribution < 1.29 is 5.11 Å². The summed E-state index contributed by atoms with van der Waals surface area (Å²) in [5.74, 6) is 1.45. The maximum atomic E-state index is 9.76. The van der Waals surface area contributed by atoms with Gasteiger partial charge in [-0.15, -0.1) is 0 Å². The van der Waals surface area contributed by atoms with Gasteiger partial charge in [0.05, 0.1) is 12.1 Å². The first-order valence-electron chi connectivity index (χ1n) is 5.11. The first kappa shape index (κ1) is 9.68. The highest BCUT2D eigenvalue weighted by molar-refractivity contribution is 5.03. The lowest BCUT2D eigenvalue weighted by Crippen LogP contribution is -2.23. The molecule has 1 aromatic rings. The van der Waals surface area contributed by atoms with Crippen LogP contribution in [0.3, 0.4) is 0 Å². The monoisotopic (exact) mass is 195 g/mol. The standard InChI is InChI=1S/C10H17N3O/c1-7(2)10-12-3-4-13(10)8-5-11-6-9(8)14/h3-4,7-9,11,14H,5-6H2,1-2H3/t8?,9-/m1/s1. The van der Waals surface area contributed by atoms with Gasteiger partial charge in [-0.25, -0.2) is 4.98 Å². The summed E-state index contributed by atoms with van der Waals surface area (Å²) in [7, 11) is 0. The predicted octanol–water partition coefficient (Wildman–Crippen LogP) is 0.512. The second kappa shape index (κ2) is 3.71. The zero-order valence-corrected chi connectivity index (χ0v) is 8.64. The fourth-order valence-electron chi connectivity index (χ4n) is 1.99. The summed E-state index contributed by atoms with van der Waals surface area (Å²) in [5, 5.41) is 12.9. The van der Waals surface area contributed by atoms with Gasteiger partial charge < -0.3 is 15.0 Å². The van der Waals surface area contributed by atoms with E-state index in [0.717, 1.165) is 12.4 Å². The summed E-state index contributed by atoms with van der Waals surface area (Å²) in [4.78, 5) is 4.32. The van der Waals surface area contributed by atoms with Crippen LogP contribution >= 0.6 is 0 Å². The number of aromatic nitrogens is 2. The van der Waals surface area contributed by atoms with Crippen molar-refractivity contribution in [3.8, 4) is 0 Å². The number of aliphatic hydroxyl groups is 1. The van der Waals surface area contributed by atoms with Crippen molar-refractivity contribution >= 4 is 0 Å². The normalized spacial score (nSPS) is 27.4. The van der Waals surface area contributed by atoms with Crippen LogP contribution in [0.4, 0.5) is 0 Å². The molecule has 0 aliphatic carbocycles. The SMILES string of the molecule is CC(C)c1nccn1C1CNC[C@H]1O. The van der Waals surface area contributed by atoms with Crippen molar-refractivity contribution in [2.45, 2.75) is 31.9 Å². The zero-order chi connectivity index (χ0) is 10.1. The van der Waals surface area contributed by atoms with Crippen LogP contribution in [0.5, 0.6) is 0 Å². The molecule has 1 fully saturated rings. The molecule has 4 heteroatoms. The number of aliphatic hydroxyl groups excluding tert-OH is 1. The van der Waals surface area contributed by atoms with Crippen LogP contribution in [-0.2, 0) is 0 Å². The topological polar surface area (TPSA) is 50.1 Å². The smallest absolute Gasteiger partial charge is 0.111 e. The third-order valence-electron chi connectivity index (χ3n) is 2.72. The average molecular weight is 195 g/mol. The van der Waals surface area contributed by atoms with Crippen LogP contribution in [0, 0.1) is 0 Å². The highest BCUT2D eigenvalue weighted by Gasteiger charge is 2.28. The van der Waals surface area contributed by atoms with E-state index in [-0.39, 0.29) is 12.1 Å². The Hall–Kier alpha value is -0.870. The third kappa shape index (κ3) is 1.55. The Kier molecular flexibility index (Phi) is 2.56. The number of hydrogen-bond acceptors (Lipinski definition) is 3. The van der Waals surface area contributed by atoms with Crippen LogP contribution in [-0.4, -0.2) is 33.9 Å². The summed E-state index contributed by atoms with van der Waals surface area (Å²) in [6, 6.07) is 0.148. The van der Waals surface area contributed by atoms with Crippen molar-refractivity contribution in [2.75, 3.05) is 13.1 Å². The Morgan fingerprint density at radius 3 is 2.93 bits per heavy atom. The molecule has 1 aliphatic heterocycles. The highest BCUT2D eigenvalue weighted by atomic mass is 16.3. The second-order valence-corrected chi connectivity index (χ2v) is 4.14. The van der Waals surface area contributed by atoms with E-state index in [1.165, 1.54) is 0 Å². The first-order valence-corrected chi connectivity index (χ1v) is 5.11. The molecule has 0 amide bonds. The maximum absolute atomic E-state index is 9.76. The van der Waals surface area contributed by atoms with E-state index < -0.39 is 0 Å². The Morgan fingerprint density at radius 1 is 1.57 bits per heavy atom. The van der Waals surface area contributed by atoms with Crippen molar-refractivity contribution in [3.63, 3.8) is 0 Å². The van der Waals surface area contributed by atoms with Crippen LogP contribution in [0.1, 0.15) is 31.6 Å². The summed E-state index contributed by atoms with van der Waals surface area (Å²) in [6.07, 6.45) is 3.47. The molecular weight excluding hydrogens is 178 g/mol. The van der Waals surface area contributed by atoms with E-state index in [1.54, 1.807) is 6.20 Å². The maximum Gasteiger partial charge on any atom is 0.111 e. The molecule has 1 saturated heterocycles. The Balaban J connectivity index is 2.26. The van der Waals surface area contributed by atoms with Gasteiger partial charge in [-0.05, 0) is 0 Å². The minimum atomic E-state index is -0.290. The van der Waals surface area contributed by atoms with E-state index in [1.807, 2.05) is 6.20 Å². The van der Waals surface area contributed by atoms with E-state index in [0.29, 0.717) is 12.5 Å². The lowest BCUT2D eigenvalue weighted by Gasteiger charge is -2.19. The highest BCUT2D eigenvalue weighted by Crippen LogP contribution is 2.21. The number of nitrogens with one attached hydrogen (secondary N) is 1. The molecular formula is C10H17N3O. The van der Waals surface area contributed by atoms with Crippen molar-refractivity contribution in [1.82, 2.24) is 14.9 Å². The molecule has 1 aliphatic rings. The summed E-state index contributed by atoms with van der Waals surface area (Å²) < 4.78 is 2.09. The van der Waals surface area contributed by atoms with Gasteiger partial charge in [0.2, 0.25) is 0 Å². The predicted molar refractivity (Wildman–Crippen MR) is 54.2 cm³/mol. The molecule has 0 radical (unpaired) electrons. The molecule has 14 heavy (non-hydrogen) atoms. The molecule has 2 rings (SSSR count). The van der Waals surface area contributed by atoms with Crippen molar-refractivity contribution in [3.05, 3.63) is 18.2 Å². The largest absolute Gasteiger partial charge is 0.390 e. The van der Waals surface area contributed by atoms with Crippen LogP contribution < -0.4 is 5.32 Å². The zero-order valence-electron chi connectivity index (χ0n) is 8.64. The molecule has 1 unspecified atom stereocenters. The van der Waals surface area contributed by atoms with Gasteiger partial charge in [-0.3, -0.25) is 0 Å². The Bertz CT molecular complexity index is 308. The fourth-order valence-corrected chi connectivity index (χ4v) is 1.99. The van der Waals surface area contributed by atoms with Crippen LogP contribution in [0.15, 0.2) is 12.4 Å². The molecule has 4 nitrogen and oxygen atoms in total. The number of imidazole rings is 1. The Morgan fingerprint density at radius 2 is 2.36 bits per heavy atom. The van der Waals surface area contributed by atoms with E-state index in [4.69, 9.17) is 0 Å². The van der Waals surface area contributed by atoms with Gasteiger partial charge in [0.25, 0.3) is 0 Å². The summed E-state index contributed by atoms with van der Waals surface area (Å²) in [5.41, 5.74) is 0. The van der Waals surface area contributed by atoms with Gasteiger partial charge in [-0.2, -0.15) is 0 Å². The quantitative estimate of drug-likeness (QED) is 0.723. The first-order chi connectivity index (χ1) is 6.70. The van der Waals surface area contributed by atoms with E-state index >= 15 is 0 Å². The number of β-amino-alcohol motifs (C(OH)–C–C–N with tert-alkyl or cyclic N) is 1. The number of hydrogen-bond donors (Lipinski definition) is 2. The van der Waals surface area contributed by atoms with Gasteiger partial charge in [0.1, 0.15) is 5.82 Å². The van der Waals surface area contributed by atoms with Gasteiger partial charge in [-0.1, -0.05) is 13.8 Å². The minimum Gasteiger partial charge on any atom is -0.390 e. The molecule has 2 atom stereocenters. The van der Waals surface area contributed by atoms with Crippen molar-refractivity contribution in [2.24, 2.45) is 0 Å². The summed E-state index contributed by atoms with van der Waals surface area (Å²) in [6.45, 7) is 5.75. The average Bonchev–Trinajstić information content (AvgIpc) is 2.70. The molecule has 2 N–H and O–H groups in total. The molecule has 0 saturated carbocycles. The molecule has 0 spiro atoms. The minimum absolute atomic E-state index is 0.148. The lowest BCUT2D eigenvalue weighted by molar-refractivity contribution is 0.149. The molecule has 0 bridgehead atoms. The second-order valence-electron chi connectivity index (χ2n) is 4.14. The molecule has 2 heterocycles. The number of rotatable bonds is 2. The fraction of sp³-hybridized carbons (Fsp3) is 0.700. The van der Waals surface area contributed by atoms with Gasteiger partial charge in [0, 0.05) is 31.4 Å². The lowest BCUT2D eigenvalue weighted by atomic mass is 10.1. The third-order valence-corrected chi connectivity index (χ3v) is 2.72. The molecule has 78 valence electrons. The van der Waals surface area contributed by atoms with Crippen LogP contribution in [0.2, 0.25) is 0 Å². The van der Waals surface area contributed by atoms with Gasteiger partial charge >= 0.3 is 0 Å². The molecule has 1 aromatic heterocycles. The van der Waals surface area contributed by atoms with Crippen LogP contribution in [0.25, 0.3) is 0 Å². The number of nitrogens with zero attached hydrogens (tertiary/aromatic N) is 2. The van der Waals surface area contributed by atoms with Crippen molar-refractivity contribution in [1.29, 1.82) is 0 Å². The van der Waals surface area contributed by atoms with E-state index in [2.05, 4.69) is 28.7 Å². The molecule has 0 aromatic carbocycles. The summed E-state index contributed by atoms with van der Waals surface area (Å²) >= 11 is 0.